The molecule has 98 valence electrons. The molecule has 3 rings (SSSR count). The Labute approximate surface area is 124 Å². The van der Waals surface area contributed by atoms with Gasteiger partial charge in [0.1, 0.15) is 11.3 Å². The average molecular weight is 327 g/mol. The van der Waals surface area contributed by atoms with E-state index in [4.69, 9.17) is 5.26 Å². The number of hydrogen-bond acceptors (Lipinski definition) is 3. The van der Waals surface area contributed by atoms with Gasteiger partial charge in [0.25, 0.3) is 0 Å². The number of aromatic nitrogens is 3. The molecule has 1 aromatic carbocycles. The second kappa shape index (κ2) is 5.06. The van der Waals surface area contributed by atoms with Crippen LogP contribution in [0.4, 0.5) is 0 Å². The van der Waals surface area contributed by atoms with Gasteiger partial charge in [-0.3, -0.25) is 0 Å². The van der Waals surface area contributed by atoms with Crippen LogP contribution in [-0.2, 0) is 6.54 Å². The summed E-state index contributed by atoms with van der Waals surface area (Å²) in [6.45, 7) is 2.62. The molecule has 0 spiro atoms. The van der Waals surface area contributed by atoms with Crippen molar-refractivity contribution in [1.29, 1.82) is 5.26 Å². The Morgan fingerprint density at radius 3 is 3.00 bits per heavy atom. The zero-order valence-corrected chi connectivity index (χ0v) is 12.4. The van der Waals surface area contributed by atoms with Gasteiger partial charge in [0.05, 0.1) is 18.2 Å². The minimum Gasteiger partial charge on any atom is -0.308 e. The molecule has 2 heterocycles. The van der Waals surface area contributed by atoms with Gasteiger partial charge in [-0.15, -0.1) is 0 Å². The van der Waals surface area contributed by atoms with E-state index in [1.807, 2.05) is 31.2 Å². The SMILES string of the molecule is Cc1nc2cc(Br)cnc2n1Cc1cccc(C#N)c1. The zero-order chi connectivity index (χ0) is 14.1. The molecular formula is C15H11BrN4. The van der Waals surface area contributed by atoms with E-state index >= 15 is 0 Å². The summed E-state index contributed by atoms with van der Waals surface area (Å²) >= 11 is 3.40. The van der Waals surface area contributed by atoms with E-state index in [9.17, 15) is 0 Å². The quantitative estimate of drug-likeness (QED) is 0.725. The Hall–Kier alpha value is -2.19. The van der Waals surface area contributed by atoms with Gasteiger partial charge in [0.2, 0.25) is 0 Å². The maximum Gasteiger partial charge on any atom is 0.160 e. The van der Waals surface area contributed by atoms with Crippen LogP contribution >= 0.6 is 15.9 Å². The lowest BCUT2D eigenvalue weighted by Gasteiger charge is -2.06. The van der Waals surface area contributed by atoms with Gasteiger partial charge in [0.15, 0.2) is 5.65 Å². The predicted molar refractivity (Wildman–Crippen MR) is 80.2 cm³/mol. The summed E-state index contributed by atoms with van der Waals surface area (Å²) in [7, 11) is 0. The second-order valence-electron chi connectivity index (χ2n) is 4.55. The molecule has 3 aromatic rings. The summed E-state index contributed by atoms with van der Waals surface area (Å²) in [5.41, 5.74) is 3.46. The van der Waals surface area contributed by atoms with Gasteiger partial charge >= 0.3 is 0 Å². The van der Waals surface area contributed by atoms with Crippen molar-refractivity contribution in [2.45, 2.75) is 13.5 Å². The molecule has 0 saturated heterocycles. The monoisotopic (exact) mass is 326 g/mol. The molecule has 0 unspecified atom stereocenters. The Balaban J connectivity index is 2.06. The van der Waals surface area contributed by atoms with Crippen LogP contribution in [0, 0.1) is 18.3 Å². The number of rotatable bonds is 2. The first-order valence-corrected chi connectivity index (χ1v) is 6.94. The van der Waals surface area contributed by atoms with Crippen molar-refractivity contribution in [3.05, 3.63) is 58.0 Å². The minimum absolute atomic E-state index is 0.659. The molecule has 0 radical (unpaired) electrons. The van der Waals surface area contributed by atoms with Crippen LogP contribution in [0.15, 0.2) is 41.0 Å². The number of nitrogens with zero attached hydrogens (tertiary/aromatic N) is 4. The van der Waals surface area contributed by atoms with E-state index in [1.165, 1.54) is 0 Å². The Morgan fingerprint density at radius 1 is 1.35 bits per heavy atom. The van der Waals surface area contributed by atoms with Crippen LogP contribution in [-0.4, -0.2) is 14.5 Å². The number of hydrogen-bond donors (Lipinski definition) is 0. The van der Waals surface area contributed by atoms with E-state index in [0.717, 1.165) is 27.0 Å². The molecule has 0 N–H and O–H groups in total. The van der Waals surface area contributed by atoms with Gasteiger partial charge in [-0.25, -0.2) is 9.97 Å². The van der Waals surface area contributed by atoms with Gasteiger partial charge in [-0.1, -0.05) is 12.1 Å². The highest BCUT2D eigenvalue weighted by molar-refractivity contribution is 9.10. The molecule has 20 heavy (non-hydrogen) atoms. The van der Waals surface area contributed by atoms with E-state index in [-0.39, 0.29) is 0 Å². The molecule has 0 atom stereocenters. The van der Waals surface area contributed by atoms with E-state index < -0.39 is 0 Å². The molecule has 0 amide bonds. The van der Waals surface area contributed by atoms with E-state index in [0.29, 0.717) is 12.1 Å². The van der Waals surface area contributed by atoms with Crippen LogP contribution in [0.1, 0.15) is 17.0 Å². The van der Waals surface area contributed by atoms with Crippen LogP contribution in [0.2, 0.25) is 0 Å². The highest BCUT2D eigenvalue weighted by Gasteiger charge is 2.09. The molecule has 0 aliphatic rings. The van der Waals surface area contributed by atoms with Gasteiger partial charge < -0.3 is 4.57 Å². The average Bonchev–Trinajstić information content (AvgIpc) is 2.74. The summed E-state index contributed by atoms with van der Waals surface area (Å²) in [5, 5.41) is 8.96. The number of nitriles is 1. The highest BCUT2D eigenvalue weighted by atomic mass is 79.9. The lowest BCUT2D eigenvalue weighted by molar-refractivity contribution is 0.777. The zero-order valence-electron chi connectivity index (χ0n) is 10.8. The maximum atomic E-state index is 8.96. The number of aryl methyl sites for hydroxylation is 1. The van der Waals surface area contributed by atoms with Crippen LogP contribution < -0.4 is 0 Å². The normalized spacial score (nSPS) is 10.7. The van der Waals surface area contributed by atoms with Crippen molar-refractivity contribution in [2.75, 3.05) is 0 Å². The molecule has 0 aliphatic heterocycles. The number of fused-ring (bicyclic) bond motifs is 1. The van der Waals surface area contributed by atoms with Crippen molar-refractivity contribution in [3.8, 4) is 6.07 Å². The van der Waals surface area contributed by atoms with Crippen LogP contribution in [0.5, 0.6) is 0 Å². The third kappa shape index (κ3) is 2.30. The van der Waals surface area contributed by atoms with Crippen molar-refractivity contribution >= 4 is 27.1 Å². The lowest BCUT2D eigenvalue weighted by atomic mass is 10.1. The molecule has 5 heteroatoms. The number of imidazole rings is 1. The van der Waals surface area contributed by atoms with Gasteiger partial charge in [-0.05, 0) is 46.6 Å². The first-order chi connectivity index (χ1) is 9.67. The van der Waals surface area contributed by atoms with Crippen molar-refractivity contribution in [3.63, 3.8) is 0 Å². The second-order valence-corrected chi connectivity index (χ2v) is 5.47. The number of pyridine rings is 1. The van der Waals surface area contributed by atoms with Crippen LogP contribution in [0.3, 0.4) is 0 Å². The van der Waals surface area contributed by atoms with Crippen molar-refractivity contribution in [1.82, 2.24) is 14.5 Å². The number of halogens is 1. The standard InChI is InChI=1S/C15H11BrN4/c1-10-19-14-6-13(16)8-18-15(14)20(10)9-12-4-2-3-11(5-12)7-17/h2-6,8H,9H2,1H3. The molecule has 4 nitrogen and oxygen atoms in total. The third-order valence-electron chi connectivity index (χ3n) is 3.14. The molecular weight excluding hydrogens is 316 g/mol. The van der Waals surface area contributed by atoms with Gasteiger partial charge in [0, 0.05) is 10.7 Å². The fourth-order valence-electron chi connectivity index (χ4n) is 2.21. The third-order valence-corrected chi connectivity index (χ3v) is 3.57. The van der Waals surface area contributed by atoms with Crippen LogP contribution in [0.25, 0.3) is 11.2 Å². The summed E-state index contributed by atoms with van der Waals surface area (Å²) in [6.07, 6.45) is 1.77. The minimum atomic E-state index is 0.659. The topological polar surface area (TPSA) is 54.5 Å². The largest absolute Gasteiger partial charge is 0.308 e. The first-order valence-electron chi connectivity index (χ1n) is 6.15. The Kier molecular flexibility index (Phi) is 3.25. The molecule has 2 aromatic heterocycles. The fourth-order valence-corrected chi connectivity index (χ4v) is 2.53. The smallest absolute Gasteiger partial charge is 0.160 e. The van der Waals surface area contributed by atoms with Crippen molar-refractivity contribution < 1.29 is 0 Å². The maximum absolute atomic E-state index is 8.96. The summed E-state index contributed by atoms with van der Waals surface area (Å²) in [5.74, 6) is 0.910. The van der Waals surface area contributed by atoms with Crippen molar-refractivity contribution in [2.24, 2.45) is 0 Å². The number of benzene rings is 1. The fraction of sp³-hybridized carbons (Fsp3) is 0.133. The Morgan fingerprint density at radius 2 is 2.20 bits per heavy atom. The predicted octanol–water partition coefficient (Wildman–Crippen LogP) is 3.42. The summed E-state index contributed by atoms with van der Waals surface area (Å²) in [6, 6.07) is 11.7. The first kappa shape index (κ1) is 12.8. The lowest BCUT2D eigenvalue weighted by Crippen LogP contribution is -2.03. The van der Waals surface area contributed by atoms with E-state index in [1.54, 1.807) is 12.3 Å². The molecule has 0 aliphatic carbocycles. The summed E-state index contributed by atoms with van der Waals surface area (Å²) < 4.78 is 2.97. The van der Waals surface area contributed by atoms with E-state index in [2.05, 4.69) is 36.5 Å². The Bertz CT molecular complexity index is 829. The molecule has 0 bridgehead atoms. The van der Waals surface area contributed by atoms with Gasteiger partial charge in [-0.2, -0.15) is 5.26 Å². The molecule has 0 fully saturated rings. The molecule has 0 saturated carbocycles. The highest BCUT2D eigenvalue weighted by Crippen LogP contribution is 2.19. The summed E-state index contributed by atoms with van der Waals surface area (Å²) in [4.78, 5) is 8.95.